The number of nitrogens with zero attached hydrogens (tertiary/aromatic N) is 4. The number of hydrogen-bond donors (Lipinski definition) is 1. The standard InChI is InChI=1S/C27H32Cl2FN5O.4ClH/c1-3-8-24-32-26(19(2)35(24)22-11-5-4-10-21(22)30)27(36)31-13-7-14-33-15-17-34(18-16-33)23-12-6-9-20(28)25(23)29;;;;/h4-6,9-12H,3,7-8,13-18H2,1-2H3,(H,31,36);4*1H. The molecule has 3 aromatic rings. The minimum atomic E-state index is -0.333. The summed E-state index contributed by atoms with van der Waals surface area (Å²) in [6.07, 6.45) is 2.34. The lowest BCUT2D eigenvalue weighted by Gasteiger charge is -2.36. The van der Waals surface area contributed by atoms with Crippen LogP contribution in [0.25, 0.3) is 5.69 Å². The van der Waals surface area contributed by atoms with E-state index in [4.69, 9.17) is 23.2 Å². The minimum absolute atomic E-state index is 0. The number of aromatic nitrogens is 2. The number of aryl methyl sites for hydroxylation is 1. The van der Waals surface area contributed by atoms with Crippen molar-refractivity contribution in [1.29, 1.82) is 0 Å². The van der Waals surface area contributed by atoms with Crippen LogP contribution in [-0.2, 0) is 6.42 Å². The molecule has 0 aliphatic carbocycles. The molecule has 1 aromatic heterocycles. The Morgan fingerprint density at radius 3 is 2.27 bits per heavy atom. The van der Waals surface area contributed by atoms with Crippen molar-refractivity contribution in [2.75, 3.05) is 44.2 Å². The number of hydrogen-bond acceptors (Lipinski definition) is 4. The van der Waals surface area contributed by atoms with E-state index in [0.29, 0.717) is 45.9 Å². The lowest BCUT2D eigenvalue weighted by atomic mass is 10.2. The summed E-state index contributed by atoms with van der Waals surface area (Å²) in [4.78, 5) is 22.2. The van der Waals surface area contributed by atoms with E-state index < -0.39 is 0 Å². The number of rotatable bonds is 9. The Morgan fingerprint density at radius 2 is 1.62 bits per heavy atom. The van der Waals surface area contributed by atoms with E-state index in [1.165, 1.54) is 6.07 Å². The van der Waals surface area contributed by atoms with E-state index in [-0.39, 0.29) is 61.4 Å². The fourth-order valence-electron chi connectivity index (χ4n) is 4.66. The molecule has 0 radical (unpaired) electrons. The lowest BCUT2D eigenvalue weighted by Crippen LogP contribution is -2.47. The number of halogens is 7. The number of nitrogens with one attached hydrogen (secondary N) is 1. The molecule has 0 bridgehead atoms. The van der Waals surface area contributed by atoms with Gasteiger partial charge in [0.25, 0.3) is 5.91 Å². The average molecular weight is 678 g/mol. The van der Waals surface area contributed by atoms with Gasteiger partial charge in [-0.05, 0) is 50.6 Å². The first-order valence-corrected chi connectivity index (χ1v) is 13.2. The third kappa shape index (κ3) is 9.02. The molecule has 1 aliphatic rings. The van der Waals surface area contributed by atoms with Crippen LogP contribution in [0.4, 0.5) is 10.1 Å². The summed E-state index contributed by atoms with van der Waals surface area (Å²) in [5.41, 5.74) is 2.40. The van der Waals surface area contributed by atoms with Gasteiger partial charge >= 0.3 is 0 Å². The van der Waals surface area contributed by atoms with Gasteiger partial charge in [0.05, 0.1) is 27.1 Å². The van der Waals surface area contributed by atoms with Crippen molar-refractivity contribution in [2.45, 2.75) is 33.1 Å². The molecular weight excluding hydrogens is 642 g/mol. The number of carbonyl (C=O) groups excluding carboxylic acids is 1. The molecule has 224 valence electrons. The number of benzene rings is 2. The largest absolute Gasteiger partial charge is 0.368 e. The SMILES string of the molecule is CCCc1nc(C(=O)NCCCN2CCN(c3cccc(Cl)c3Cl)CC2)c(C)n1-c1ccccc1F.Cl.Cl.Cl.Cl. The number of carbonyl (C=O) groups is 1. The smallest absolute Gasteiger partial charge is 0.271 e. The maximum absolute atomic E-state index is 14.5. The molecule has 1 N–H and O–H groups in total. The van der Waals surface area contributed by atoms with Crippen LogP contribution in [0.15, 0.2) is 42.5 Å². The first-order valence-electron chi connectivity index (χ1n) is 12.4. The van der Waals surface area contributed by atoms with Gasteiger partial charge in [-0.25, -0.2) is 9.37 Å². The molecule has 0 unspecified atom stereocenters. The van der Waals surface area contributed by atoms with Crippen molar-refractivity contribution in [1.82, 2.24) is 19.8 Å². The molecule has 40 heavy (non-hydrogen) atoms. The molecular formula is C27H36Cl6FN5O. The molecule has 1 aliphatic heterocycles. The van der Waals surface area contributed by atoms with Crippen molar-refractivity contribution < 1.29 is 9.18 Å². The van der Waals surface area contributed by atoms with E-state index in [0.717, 1.165) is 51.3 Å². The number of para-hydroxylation sites is 1. The number of piperazine rings is 1. The van der Waals surface area contributed by atoms with Gasteiger partial charge in [-0.2, -0.15) is 0 Å². The highest BCUT2D eigenvalue weighted by molar-refractivity contribution is 6.43. The Balaban J connectivity index is 0.00000380. The molecule has 0 atom stereocenters. The monoisotopic (exact) mass is 675 g/mol. The summed E-state index contributed by atoms with van der Waals surface area (Å²) in [5.74, 6) is 0.142. The molecule has 2 aromatic carbocycles. The molecule has 1 fully saturated rings. The normalized spacial score (nSPS) is 12.9. The van der Waals surface area contributed by atoms with Crippen molar-refractivity contribution >= 4 is 84.4 Å². The zero-order valence-corrected chi connectivity index (χ0v) is 27.1. The Labute approximate surface area is 270 Å². The van der Waals surface area contributed by atoms with Crippen molar-refractivity contribution in [3.05, 3.63) is 75.5 Å². The summed E-state index contributed by atoms with van der Waals surface area (Å²) in [6, 6.07) is 12.3. The Bertz CT molecular complexity index is 1220. The third-order valence-electron chi connectivity index (χ3n) is 6.54. The second-order valence-corrected chi connectivity index (χ2v) is 9.80. The topological polar surface area (TPSA) is 53.4 Å². The minimum Gasteiger partial charge on any atom is -0.368 e. The van der Waals surface area contributed by atoms with Crippen molar-refractivity contribution in [2.24, 2.45) is 0 Å². The molecule has 0 saturated carbocycles. The van der Waals surface area contributed by atoms with E-state index in [1.807, 2.05) is 26.0 Å². The highest BCUT2D eigenvalue weighted by atomic mass is 35.5. The predicted octanol–water partition coefficient (Wildman–Crippen LogP) is 7.21. The summed E-state index contributed by atoms with van der Waals surface area (Å²) in [6.45, 7) is 8.89. The van der Waals surface area contributed by atoms with E-state index in [9.17, 15) is 9.18 Å². The van der Waals surface area contributed by atoms with Crippen LogP contribution in [0, 0.1) is 12.7 Å². The lowest BCUT2D eigenvalue weighted by molar-refractivity contribution is 0.0946. The Morgan fingerprint density at radius 1 is 0.975 bits per heavy atom. The van der Waals surface area contributed by atoms with Crippen LogP contribution in [0.2, 0.25) is 10.0 Å². The number of imidazole rings is 1. The zero-order chi connectivity index (χ0) is 25.7. The molecule has 13 heteroatoms. The first-order chi connectivity index (χ1) is 17.4. The second-order valence-electron chi connectivity index (χ2n) is 9.01. The first kappa shape index (κ1) is 38.6. The maximum atomic E-state index is 14.5. The highest BCUT2D eigenvalue weighted by Crippen LogP contribution is 2.32. The molecule has 1 saturated heterocycles. The molecule has 6 nitrogen and oxygen atoms in total. The van der Waals surface area contributed by atoms with Gasteiger partial charge in [-0.3, -0.25) is 14.3 Å². The Hall–Kier alpha value is -1.45. The van der Waals surface area contributed by atoms with Gasteiger partial charge in [-0.1, -0.05) is 48.3 Å². The van der Waals surface area contributed by atoms with Gasteiger partial charge in [0.1, 0.15) is 17.3 Å². The van der Waals surface area contributed by atoms with Crippen LogP contribution in [0.5, 0.6) is 0 Å². The van der Waals surface area contributed by atoms with E-state index in [1.54, 1.807) is 28.8 Å². The van der Waals surface area contributed by atoms with E-state index in [2.05, 4.69) is 20.1 Å². The van der Waals surface area contributed by atoms with Gasteiger partial charge in [0.2, 0.25) is 0 Å². The summed E-state index contributed by atoms with van der Waals surface area (Å²) in [7, 11) is 0. The van der Waals surface area contributed by atoms with Gasteiger partial charge < -0.3 is 10.2 Å². The zero-order valence-electron chi connectivity index (χ0n) is 22.4. The van der Waals surface area contributed by atoms with Crippen LogP contribution < -0.4 is 10.2 Å². The molecule has 1 amide bonds. The number of anilines is 1. The quantitative estimate of drug-likeness (QED) is 0.243. The van der Waals surface area contributed by atoms with Crippen LogP contribution >= 0.6 is 72.8 Å². The number of amides is 1. The van der Waals surface area contributed by atoms with Crippen LogP contribution in [-0.4, -0.2) is 59.6 Å². The summed E-state index contributed by atoms with van der Waals surface area (Å²) < 4.78 is 16.3. The molecule has 2 heterocycles. The summed E-state index contributed by atoms with van der Waals surface area (Å²) in [5, 5.41) is 4.17. The van der Waals surface area contributed by atoms with Crippen molar-refractivity contribution in [3.8, 4) is 5.69 Å². The molecule has 0 spiro atoms. The third-order valence-corrected chi connectivity index (χ3v) is 7.35. The van der Waals surface area contributed by atoms with Gasteiger partial charge in [0.15, 0.2) is 0 Å². The predicted molar refractivity (Wildman–Crippen MR) is 173 cm³/mol. The van der Waals surface area contributed by atoms with Crippen LogP contribution in [0.1, 0.15) is 41.8 Å². The molecule has 4 rings (SSSR count). The fraction of sp³-hybridized carbons (Fsp3) is 0.407. The van der Waals surface area contributed by atoms with Crippen molar-refractivity contribution in [3.63, 3.8) is 0 Å². The van der Waals surface area contributed by atoms with Crippen LogP contribution in [0.3, 0.4) is 0 Å². The van der Waals surface area contributed by atoms with Gasteiger partial charge in [-0.15, -0.1) is 49.6 Å². The maximum Gasteiger partial charge on any atom is 0.271 e. The highest BCUT2D eigenvalue weighted by Gasteiger charge is 2.22. The fourth-order valence-corrected chi connectivity index (χ4v) is 5.07. The second kappa shape index (κ2) is 18.2. The van der Waals surface area contributed by atoms with E-state index >= 15 is 0 Å². The summed E-state index contributed by atoms with van der Waals surface area (Å²) >= 11 is 12.5. The average Bonchev–Trinajstić information content (AvgIpc) is 3.20. The van der Waals surface area contributed by atoms with Gasteiger partial charge in [0, 0.05) is 39.1 Å². The Kier molecular flexibility index (Phi) is 17.5.